The van der Waals surface area contributed by atoms with Gasteiger partial charge in [0.25, 0.3) is 5.91 Å². The van der Waals surface area contributed by atoms with Crippen LogP contribution in [0.3, 0.4) is 0 Å². The van der Waals surface area contributed by atoms with E-state index in [-0.39, 0.29) is 11.9 Å². The summed E-state index contributed by atoms with van der Waals surface area (Å²) in [6, 6.07) is 6.84. The van der Waals surface area contributed by atoms with E-state index in [1.807, 2.05) is 0 Å². The number of ether oxygens (including phenoxy) is 1. The number of hydrogen-bond acceptors (Lipinski definition) is 6. The molecule has 0 N–H and O–H groups in total. The second kappa shape index (κ2) is 7.67. The van der Waals surface area contributed by atoms with Crippen molar-refractivity contribution < 1.29 is 9.53 Å². The molecule has 3 aromatic rings. The van der Waals surface area contributed by atoms with E-state index in [1.165, 1.54) is 12.4 Å². The average Bonchev–Trinajstić information content (AvgIpc) is 3.20. The first-order chi connectivity index (χ1) is 13.2. The third-order valence-electron chi connectivity index (χ3n) is 4.30. The molecule has 0 bridgehead atoms. The molecule has 1 aromatic carbocycles. The molecule has 0 radical (unpaired) electrons. The van der Waals surface area contributed by atoms with Crippen LogP contribution in [0.15, 0.2) is 55.2 Å². The van der Waals surface area contributed by atoms with Crippen molar-refractivity contribution in [1.29, 1.82) is 0 Å². The Morgan fingerprint density at radius 1 is 1.11 bits per heavy atom. The predicted molar refractivity (Wildman–Crippen MR) is 98.6 cm³/mol. The summed E-state index contributed by atoms with van der Waals surface area (Å²) in [4.78, 5) is 31.4. The van der Waals surface area contributed by atoms with Crippen molar-refractivity contribution in [1.82, 2.24) is 24.8 Å². The van der Waals surface area contributed by atoms with E-state index < -0.39 is 0 Å². The zero-order valence-corrected chi connectivity index (χ0v) is 15.1. The molecule has 7 nitrogen and oxygen atoms in total. The van der Waals surface area contributed by atoms with Crippen LogP contribution in [-0.2, 0) is 0 Å². The quantitative estimate of drug-likeness (QED) is 0.685. The molecular weight excluding hydrogens is 366 g/mol. The van der Waals surface area contributed by atoms with Gasteiger partial charge in [0.1, 0.15) is 11.4 Å². The fraction of sp³-hybridized carbons (Fsp3) is 0.211. The van der Waals surface area contributed by atoms with Gasteiger partial charge in [0, 0.05) is 24.0 Å². The van der Waals surface area contributed by atoms with E-state index in [1.54, 1.807) is 47.8 Å². The van der Waals surface area contributed by atoms with Crippen LogP contribution in [-0.4, -0.2) is 37.3 Å². The molecule has 2 aromatic heterocycles. The van der Waals surface area contributed by atoms with Gasteiger partial charge in [-0.05, 0) is 37.1 Å². The summed E-state index contributed by atoms with van der Waals surface area (Å²) in [6.45, 7) is 0.643. The average molecular weight is 382 g/mol. The van der Waals surface area contributed by atoms with Crippen LogP contribution in [0.25, 0.3) is 0 Å². The maximum atomic E-state index is 12.8. The first-order valence-corrected chi connectivity index (χ1v) is 8.91. The second-order valence-corrected chi connectivity index (χ2v) is 6.52. The first kappa shape index (κ1) is 17.4. The molecule has 136 valence electrons. The van der Waals surface area contributed by atoms with Crippen molar-refractivity contribution in [3.8, 4) is 11.6 Å². The molecule has 1 atom stereocenters. The first-order valence-electron chi connectivity index (χ1n) is 8.53. The monoisotopic (exact) mass is 381 g/mol. The molecule has 0 saturated carbocycles. The molecule has 1 aliphatic rings. The Kier molecular flexibility index (Phi) is 4.93. The van der Waals surface area contributed by atoms with E-state index in [2.05, 4.69) is 19.9 Å². The van der Waals surface area contributed by atoms with E-state index in [0.717, 1.165) is 12.8 Å². The number of carbonyl (C=O) groups excluding carboxylic acids is 1. The summed E-state index contributed by atoms with van der Waals surface area (Å²) >= 11 is 5.89. The SMILES string of the molecule is O=C(c1cnccn1)N1CCC[C@H]1c1cncc(Oc2ccc(Cl)cc2)n1. The van der Waals surface area contributed by atoms with E-state index in [9.17, 15) is 4.79 Å². The van der Waals surface area contributed by atoms with Gasteiger partial charge in [-0.2, -0.15) is 0 Å². The fourth-order valence-corrected chi connectivity index (χ4v) is 3.20. The van der Waals surface area contributed by atoms with Gasteiger partial charge in [-0.1, -0.05) is 11.6 Å². The van der Waals surface area contributed by atoms with Crippen LogP contribution < -0.4 is 4.74 Å². The van der Waals surface area contributed by atoms with Crippen LogP contribution in [0.5, 0.6) is 11.6 Å². The molecule has 1 fully saturated rings. The van der Waals surface area contributed by atoms with Gasteiger partial charge in [0.2, 0.25) is 5.88 Å². The maximum Gasteiger partial charge on any atom is 0.274 e. The summed E-state index contributed by atoms with van der Waals surface area (Å²) in [5.74, 6) is 0.829. The Labute approximate surface area is 161 Å². The molecule has 1 amide bonds. The van der Waals surface area contributed by atoms with Crippen molar-refractivity contribution in [2.45, 2.75) is 18.9 Å². The van der Waals surface area contributed by atoms with Gasteiger partial charge in [0.05, 0.1) is 30.3 Å². The lowest BCUT2D eigenvalue weighted by Gasteiger charge is -2.23. The zero-order chi connectivity index (χ0) is 18.6. The highest BCUT2D eigenvalue weighted by Crippen LogP contribution is 2.32. The molecule has 0 spiro atoms. The second-order valence-electron chi connectivity index (χ2n) is 6.09. The van der Waals surface area contributed by atoms with E-state index in [0.29, 0.717) is 34.6 Å². The summed E-state index contributed by atoms with van der Waals surface area (Å²) in [5, 5.41) is 0.631. The number of carbonyl (C=O) groups is 1. The smallest absolute Gasteiger partial charge is 0.274 e. The Bertz CT molecular complexity index is 936. The lowest BCUT2D eigenvalue weighted by molar-refractivity contribution is 0.0725. The molecule has 1 saturated heterocycles. The van der Waals surface area contributed by atoms with Crippen LogP contribution >= 0.6 is 11.6 Å². The highest BCUT2D eigenvalue weighted by atomic mass is 35.5. The number of halogens is 1. The van der Waals surface area contributed by atoms with Crippen molar-refractivity contribution in [3.63, 3.8) is 0 Å². The van der Waals surface area contributed by atoms with Crippen LogP contribution in [0.1, 0.15) is 35.1 Å². The summed E-state index contributed by atoms with van der Waals surface area (Å²) in [7, 11) is 0. The standard InChI is InChI=1S/C19H16ClN5O2/c20-13-3-5-14(6-4-13)27-18-12-22-10-15(24-18)17-2-1-9-25(17)19(26)16-11-21-7-8-23-16/h3-8,10-12,17H,1-2,9H2/t17-/m0/s1. The molecule has 4 rings (SSSR count). The molecule has 27 heavy (non-hydrogen) atoms. The third kappa shape index (κ3) is 3.88. The number of hydrogen-bond donors (Lipinski definition) is 0. The topological polar surface area (TPSA) is 81.1 Å². The number of amides is 1. The van der Waals surface area contributed by atoms with E-state index >= 15 is 0 Å². The number of likely N-dealkylation sites (tertiary alicyclic amines) is 1. The van der Waals surface area contributed by atoms with Gasteiger partial charge < -0.3 is 9.64 Å². The third-order valence-corrected chi connectivity index (χ3v) is 4.56. The maximum absolute atomic E-state index is 12.8. The number of aromatic nitrogens is 4. The molecule has 0 aliphatic carbocycles. The summed E-state index contributed by atoms with van der Waals surface area (Å²) in [6.07, 6.45) is 9.44. The summed E-state index contributed by atoms with van der Waals surface area (Å²) in [5.41, 5.74) is 1.02. The van der Waals surface area contributed by atoms with Crippen molar-refractivity contribution in [2.24, 2.45) is 0 Å². The minimum Gasteiger partial charge on any atom is -0.437 e. The fourth-order valence-electron chi connectivity index (χ4n) is 3.07. The predicted octanol–water partition coefficient (Wildman–Crippen LogP) is 3.69. The van der Waals surface area contributed by atoms with Gasteiger partial charge in [-0.25, -0.2) is 9.97 Å². The lowest BCUT2D eigenvalue weighted by Crippen LogP contribution is -2.31. The van der Waals surface area contributed by atoms with Crippen molar-refractivity contribution in [2.75, 3.05) is 6.54 Å². The van der Waals surface area contributed by atoms with Crippen molar-refractivity contribution >= 4 is 17.5 Å². The van der Waals surface area contributed by atoms with Gasteiger partial charge in [0.15, 0.2) is 0 Å². The largest absolute Gasteiger partial charge is 0.437 e. The highest BCUT2D eigenvalue weighted by molar-refractivity contribution is 6.30. The number of rotatable bonds is 4. The van der Waals surface area contributed by atoms with E-state index in [4.69, 9.17) is 16.3 Å². The molecule has 1 aliphatic heterocycles. The van der Waals surface area contributed by atoms with Crippen LogP contribution in [0, 0.1) is 0 Å². The van der Waals surface area contributed by atoms with Gasteiger partial charge >= 0.3 is 0 Å². The molecular formula is C19H16ClN5O2. The Morgan fingerprint density at radius 2 is 1.96 bits per heavy atom. The zero-order valence-electron chi connectivity index (χ0n) is 14.3. The lowest BCUT2D eigenvalue weighted by atomic mass is 10.1. The Morgan fingerprint density at radius 3 is 2.74 bits per heavy atom. The number of benzene rings is 1. The molecule has 8 heteroatoms. The van der Waals surface area contributed by atoms with Crippen LogP contribution in [0.4, 0.5) is 0 Å². The summed E-state index contributed by atoms with van der Waals surface area (Å²) < 4.78 is 5.76. The van der Waals surface area contributed by atoms with Gasteiger partial charge in [-0.3, -0.25) is 14.8 Å². The molecule has 0 unspecified atom stereocenters. The highest BCUT2D eigenvalue weighted by Gasteiger charge is 2.32. The Balaban J connectivity index is 1.55. The normalized spacial score (nSPS) is 16.3. The molecule has 3 heterocycles. The van der Waals surface area contributed by atoms with Gasteiger partial charge in [-0.15, -0.1) is 0 Å². The van der Waals surface area contributed by atoms with Crippen LogP contribution in [0.2, 0.25) is 5.02 Å². The van der Waals surface area contributed by atoms with Crippen molar-refractivity contribution in [3.05, 3.63) is 71.7 Å². The minimum absolute atomic E-state index is 0.156. The minimum atomic E-state index is -0.166. The number of nitrogens with zero attached hydrogens (tertiary/aromatic N) is 5. The Hall–Kier alpha value is -3.06.